The topological polar surface area (TPSA) is 90.7 Å². The summed E-state index contributed by atoms with van der Waals surface area (Å²) in [6.07, 6.45) is 3.73. The van der Waals surface area contributed by atoms with E-state index < -0.39 is 16.1 Å². The number of rotatable bonds is 4. The standard InChI is InChI=1S/C26H21IN2O5.CH4/c1-25(2)18-13-16(22(30)15-7-5-4-6-8-15)9-10-19(18)28-26(25)12-11-17-14-20(29(31)32)24(33-3)21(27)23(17)34-26;/h4-14,28H,1-3H3;1H4. The van der Waals surface area contributed by atoms with Crippen LogP contribution in [-0.4, -0.2) is 23.5 Å². The van der Waals surface area contributed by atoms with E-state index in [1.165, 1.54) is 13.2 Å². The van der Waals surface area contributed by atoms with Crippen LogP contribution in [0.15, 0.2) is 60.7 Å². The Morgan fingerprint density at radius 3 is 2.49 bits per heavy atom. The summed E-state index contributed by atoms with van der Waals surface area (Å²) in [7, 11) is 1.41. The molecule has 8 heteroatoms. The number of nitro groups is 1. The first-order chi connectivity index (χ1) is 16.2. The first kappa shape index (κ1) is 24.7. The molecule has 0 bridgehead atoms. The lowest BCUT2D eigenvalue weighted by Gasteiger charge is -2.42. The molecule has 0 fully saturated rings. The Labute approximate surface area is 217 Å². The summed E-state index contributed by atoms with van der Waals surface area (Å²) in [6.45, 7) is 4.10. The van der Waals surface area contributed by atoms with Gasteiger partial charge in [-0.25, -0.2) is 0 Å². The molecular formula is C27H25IN2O5. The molecule has 35 heavy (non-hydrogen) atoms. The van der Waals surface area contributed by atoms with Crippen molar-refractivity contribution in [2.75, 3.05) is 12.4 Å². The lowest BCUT2D eigenvalue weighted by molar-refractivity contribution is -0.385. The zero-order valence-corrected chi connectivity index (χ0v) is 20.9. The van der Waals surface area contributed by atoms with Crippen LogP contribution in [0.25, 0.3) is 6.08 Å². The molecule has 2 aliphatic rings. The third-order valence-electron chi connectivity index (χ3n) is 6.59. The first-order valence-corrected chi connectivity index (χ1v) is 11.7. The number of fused-ring (bicyclic) bond motifs is 2. The fraction of sp³-hybridized carbons (Fsp3) is 0.222. The third kappa shape index (κ3) is 3.67. The van der Waals surface area contributed by atoms with E-state index in [1.54, 1.807) is 12.1 Å². The number of halogens is 1. The predicted molar refractivity (Wildman–Crippen MR) is 144 cm³/mol. The van der Waals surface area contributed by atoms with E-state index in [0.717, 1.165) is 11.3 Å². The molecule has 180 valence electrons. The number of methoxy groups -OCH3 is 1. The van der Waals surface area contributed by atoms with Crippen LogP contribution in [0, 0.1) is 13.7 Å². The highest BCUT2D eigenvalue weighted by molar-refractivity contribution is 14.1. The van der Waals surface area contributed by atoms with Crippen molar-refractivity contribution in [3.8, 4) is 11.5 Å². The lowest BCUT2D eigenvalue weighted by Crippen LogP contribution is -2.53. The highest BCUT2D eigenvalue weighted by Crippen LogP contribution is 2.53. The molecule has 1 N–H and O–H groups in total. The van der Waals surface area contributed by atoms with Crippen LogP contribution in [0.4, 0.5) is 11.4 Å². The summed E-state index contributed by atoms with van der Waals surface area (Å²) in [6, 6.07) is 16.3. The molecular weight excluding hydrogens is 559 g/mol. The Kier molecular flexibility index (Phi) is 6.12. The number of nitro benzene ring substituents is 1. The molecule has 7 nitrogen and oxygen atoms in total. The maximum atomic E-state index is 13.1. The second-order valence-corrected chi connectivity index (χ2v) is 9.87. The molecule has 0 saturated heterocycles. The number of benzene rings is 3. The molecule has 0 amide bonds. The summed E-state index contributed by atoms with van der Waals surface area (Å²) in [5, 5.41) is 15.0. The molecule has 1 unspecified atom stereocenters. The molecule has 1 atom stereocenters. The molecule has 0 aromatic heterocycles. The van der Waals surface area contributed by atoms with Crippen LogP contribution in [0.1, 0.15) is 48.3 Å². The minimum atomic E-state index is -0.947. The Balaban J connectivity index is 0.00000289. The fourth-order valence-electron chi connectivity index (χ4n) is 4.61. The van der Waals surface area contributed by atoms with Gasteiger partial charge in [0.25, 0.3) is 0 Å². The average Bonchev–Trinajstić information content (AvgIpc) is 3.04. The number of nitrogens with one attached hydrogen (secondary N) is 1. The number of carbonyl (C=O) groups is 1. The number of hydrogen-bond acceptors (Lipinski definition) is 6. The molecule has 3 aromatic rings. The van der Waals surface area contributed by atoms with Gasteiger partial charge in [0.2, 0.25) is 11.5 Å². The molecule has 2 heterocycles. The Morgan fingerprint density at radius 1 is 1.11 bits per heavy atom. The second kappa shape index (κ2) is 8.67. The largest absolute Gasteiger partial charge is 0.489 e. The van der Waals surface area contributed by atoms with Gasteiger partial charge in [-0.15, -0.1) is 0 Å². The fourth-order valence-corrected chi connectivity index (χ4v) is 5.53. The minimum Gasteiger partial charge on any atom is -0.489 e. The van der Waals surface area contributed by atoms with Crippen molar-refractivity contribution in [1.82, 2.24) is 0 Å². The van der Waals surface area contributed by atoms with Crippen molar-refractivity contribution in [2.24, 2.45) is 0 Å². The van der Waals surface area contributed by atoms with Crippen molar-refractivity contribution < 1.29 is 19.2 Å². The second-order valence-electron chi connectivity index (χ2n) is 8.79. The lowest BCUT2D eigenvalue weighted by atomic mass is 9.76. The van der Waals surface area contributed by atoms with E-state index >= 15 is 0 Å². The minimum absolute atomic E-state index is 0. The van der Waals surface area contributed by atoms with Crippen LogP contribution in [0.3, 0.4) is 0 Å². The molecule has 2 aliphatic heterocycles. The zero-order chi connectivity index (χ0) is 24.3. The molecule has 0 saturated carbocycles. The van der Waals surface area contributed by atoms with Gasteiger partial charge in [0.05, 0.1) is 17.4 Å². The van der Waals surface area contributed by atoms with E-state index in [4.69, 9.17) is 9.47 Å². The number of ketones is 1. The molecule has 1 spiro atoms. The van der Waals surface area contributed by atoms with Gasteiger partial charge in [0, 0.05) is 28.4 Å². The number of hydrogen-bond donors (Lipinski definition) is 1. The molecule has 5 rings (SSSR count). The maximum absolute atomic E-state index is 13.1. The summed E-state index contributed by atoms with van der Waals surface area (Å²) in [4.78, 5) is 24.1. The number of ether oxygens (including phenoxy) is 2. The van der Waals surface area contributed by atoms with E-state index in [9.17, 15) is 14.9 Å². The predicted octanol–water partition coefficient (Wildman–Crippen LogP) is 6.58. The molecule has 0 aliphatic carbocycles. The van der Waals surface area contributed by atoms with Crippen molar-refractivity contribution in [2.45, 2.75) is 32.4 Å². The third-order valence-corrected chi connectivity index (χ3v) is 7.57. The van der Waals surface area contributed by atoms with Crippen molar-refractivity contribution in [3.05, 3.63) is 96.6 Å². The monoisotopic (exact) mass is 584 g/mol. The summed E-state index contributed by atoms with van der Waals surface area (Å²) in [5.74, 6) is 0.635. The van der Waals surface area contributed by atoms with Crippen LogP contribution in [0.5, 0.6) is 11.5 Å². The van der Waals surface area contributed by atoms with Gasteiger partial charge < -0.3 is 14.8 Å². The van der Waals surface area contributed by atoms with Crippen molar-refractivity contribution >= 4 is 45.8 Å². The summed E-state index contributed by atoms with van der Waals surface area (Å²) >= 11 is 2.02. The van der Waals surface area contributed by atoms with Gasteiger partial charge in [-0.05, 0) is 72.4 Å². The van der Waals surface area contributed by atoms with Gasteiger partial charge in [-0.2, -0.15) is 0 Å². The first-order valence-electron chi connectivity index (χ1n) is 10.6. The molecule has 3 aromatic carbocycles. The van der Waals surface area contributed by atoms with Crippen LogP contribution < -0.4 is 14.8 Å². The smallest absolute Gasteiger partial charge is 0.312 e. The van der Waals surface area contributed by atoms with Crippen LogP contribution in [-0.2, 0) is 5.41 Å². The van der Waals surface area contributed by atoms with Crippen molar-refractivity contribution in [3.63, 3.8) is 0 Å². The van der Waals surface area contributed by atoms with Gasteiger partial charge in [-0.1, -0.05) is 37.8 Å². The normalized spacial score (nSPS) is 18.5. The number of nitrogens with zero attached hydrogens (tertiary/aromatic N) is 1. The van der Waals surface area contributed by atoms with E-state index in [2.05, 4.69) is 5.32 Å². The highest BCUT2D eigenvalue weighted by Gasteiger charge is 2.55. The Bertz CT molecular complexity index is 1380. The quantitative estimate of drug-likeness (QED) is 0.161. The summed E-state index contributed by atoms with van der Waals surface area (Å²) in [5.41, 5.74) is 2.03. The Morgan fingerprint density at radius 2 is 1.83 bits per heavy atom. The average molecular weight is 584 g/mol. The summed E-state index contributed by atoms with van der Waals surface area (Å²) < 4.78 is 12.4. The number of anilines is 1. The zero-order valence-electron chi connectivity index (χ0n) is 18.7. The van der Waals surface area contributed by atoms with Gasteiger partial charge in [0.1, 0.15) is 9.32 Å². The van der Waals surface area contributed by atoms with Gasteiger partial charge in [0.15, 0.2) is 5.78 Å². The SMILES string of the molecule is C.COc1c([N+](=O)[O-])cc2c(c1I)OC1(C=C2)Nc2ccc(C(=O)c3ccccc3)cc2C1(C)C. The molecule has 0 radical (unpaired) electrons. The van der Waals surface area contributed by atoms with E-state index in [1.807, 2.05) is 85.0 Å². The van der Waals surface area contributed by atoms with Crippen molar-refractivity contribution in [1.29, 1.82) is 0 Å². The maximum Gasteiger partial charge on any atom is 0.312 e. The number of carbonyl (C=O) groups excluding carboxylic acids is 1. The van der Waals surface area contributed by atoms with E-state index in [0.29, 0.717) is 26.0 Å². The van der Waals surface area contributed by atoms with Gasteiger partial charge in [-0.3, -0.25) is 14.9 Å². The van der Waals surface area contributed by atoms with E-state index in [-0.39, 0.29) is 24.6 Å². The van der Waals surface area contributed by atoms with Gasteiger partial charge >= 0.3 is 5.69 Å². The van der Waals surface area contributed by atoms with Crippen LogP contribution >= 0.6 is 22.6 Å². The highest BCUT2D eigenvalue weighted by atomic mass is 127. The van der Waals surface area contributed by atoms with Crippen LogP contribution in [0.2, 0.25) is 0 Å². The Hall–Kier alpha value is -3.40.